The lowest BCUT2D eigenvalue weighted by Gasteiger charge is -2.11. The molecular weight excluding hydrogens is 368 g/mol. The first-order chi connectivity index (χ1) is 12.9. The third-order valence-electron chi connectivity index (χ3n) is 4.00. The van der Waals surface area contributed by atoms with Crippen LogP contribution < -0.4 is 14.8 Å². The van der Waals surface area contributed by atoms with Crippen LogP contribution in [0.1, 0.15) is 40.5 Å². The van der Waals surface area contributed by atoms with Crippen molar-refractivity contribution in [1.82, 2.24) is 10.0 Å². The molecule has 0 aromatic heterocycles. The van der Waals surface area contributed by atoms with Gasteiger partial charge in [-0.25, -0.2) is 13.1 Å². The van der Waals surface area contributed by atoms with Crippen molar-refractivity contribution < 1.29 is 22.7 Å². The Balaban J connectivity index is 1.74. The van der Waals surface area contributed by atoms with E-state index in [2.05, 4.69) is 5.32 Å². The normalized spacial score (nSPS) is 13.7. The number of sulfonamides is 1. The summed E-state index contributed by atoms with van der Waals surface area (Å²) in [6.07, 6.45) is 1.93. The van der Waals surface area contributed by atoms with Gasteiger partial charge in [0.05, 0.1) is 17.1 Å². The minimum absolute atomic E-state index is 0.104. The summed E-state index contributed by atoms with van der Waals surface area (Å²) >= 11 is 0. The summed E-state index contributed by atoms with van der Waals surface area (Å²) in [5, 5.41) is 2.83. The Morgan fingerprint density at radius 1 is 1.04 bits per heavy atom. The van der Waals surface area contributed by atoms with Gasteiger partial charge in [-0.3, -0.25) is 9.59 Å². The molecule has 1 aliphatic carbocycles. The van der Waals surface area contributed by atoms with Gasteiger partial charge in [0.2, 0.25) is 0 Å². The van der Waals surface area contributed by atoms with Gasteiger partial charge in [-0.15, -0.1) is 0 Å². The average Bonchev–Trinajstić information content (AvgIpc) is 3.46. The standard InChI is InChI=1S/C19H20N2O5S/c1-2-26-17-6-4-3-5-16(17)19(23)21-27(24,25)15-11-7-13(8-12-15)18(22)20-14-9-10-14/h3-8,11-12,14H,2,9-10H2,1H3,(H,20,22)(H,21,23). The van der Waals surface area contributed by atoms with Gasteiger partial charge in [-0.2, -0.15) is 0 Å². The number of hydrogen-bond acceptors (Lipinski definition) is 5. The molecule has 0 unspecified atom stereocenters. The minimum Gasteiger partial charge on any atom is -0.493 e. The lowest BCUT2D eigenvalue weighted by molar-refractivity contribution is 0.0948. The van der Waals surface area contributed by atoms with Gasteiger partial charge in [-0.1, -0.05) is 12.1 Å². The van der Waals surface area contributed by atoms with Crippen LogP contribution in [0.15, 0.2) is 53.4 Å². The highest BCUT2D eigenvalue weighted by Crippen LogP contribution is 2.21. The summed E-state index contributed by atoms with van der Waals surface area (Å²) in [4.78, 5) is 24.3. The molecule has 0 spiro atoms. The zero-order chi connectivity index (χ0) is 19.4. The molecule has 7 nitrogen and oxygen atoms in total. The molecule has 1 aliphatic rings. The number of hydrogen-bond donors (Lipinski definition) is 2. The number of carbonyl (C=O) groups is 2. The SMILES string of the molecule is CCOc1ccccc1C(=O)NS(=O)(=O)c1ccc(C(=O)NC2CC2)cc1. The molecular formula is C19H20N2O5S. The number of para-hydroxylation sites is 1. The molecule has 1 saturated carbocycles. The van der Waals surface area contributed by atoms with E-state index in [9.17, 15) is 18.0 Å². The third kappa shape index (κ3) is 4.65. The molecule has 0 radical (unpaired) electrons. The maximum atomic E-state index is 12.5. The molecule has 0 saturated heterocycles. The summed E-state index contributed by atoms with van der Waals surface area (Å²) in [6.45, 7) is 2.12. The maximum Gasteiger partial charge on any atom is 0.268 e. The van der Waals surface area contributed by atoms with Crippen LogP contribution in [0.2, 0.25) is 0 Å². The Kier molecular flexibility index (Phi) is 5.46. The maximum absolute atomic E-state index is 12.5. The van der Waals surface area contributed by atoms with Crippen LogP contribution in [0.5, 0.6) is 5.75 Å². The highest BCUT2D eigenvalue weighted by Gasteiger charge is 2.25. The van der Waals surface area contributed by atoms with Crippen LogP contribution in [0.4, 0.5) is 0 Å². The fourth-order valence-corrected chi connectivity index (χ4v) is 3.42. The van der Waals surface area contributed by atoms with Gasteiger partial charge < -0.3 is 10.1 Å². The first kappa shape index (κ1) is 18.9. The number of carbonyl (C=O) groups excluding carboxylic acids is 2. The smallest absolute Gasteiger partial charge is 0.268 e. The summed E-state index contributed by atoms with van der Waals surface area (Å²) in [5.74, 6) is -0.717. The van der Waals surface area contributed by atoms with Crippen molar-refractivity contribution in [3.8, 4) is 5.75 Å². The van der Waals surface area contributed by atoms with Crippen LogP contribution in [-0.2, 0) is 10.0 Å². The monoisotopic (exact) mass is 388 g/mol. The molecule has 3 rings (SSSR count). The number of ether oxygens (including phenoxy) is 1. The molecule has 0 aliphatic heterocycles. The second-order valence-corrected chi connectivity index (χ2v) is 7.82. The van der Waals surface area contributed by atoms with Crippen molar-refractivity contribution in [3.63, 3.8) is 0 Å². The Morgan fingerprint density at radius 3 is 2.33 bits per heavy atom. The van der Waals surface area contributed by atoms with Gasteiger partial charge in [0, 0.05) is 11.6 Å². The van der Waals surface area contributed by atoms with Crippen molar-refractivity contribution in [2.45, 2.75) is 30.7 Å². The van der Waals surface area contributed by atoms with Crippen molar-refractivity contribution in [2.24, 2.45) is 0 Å². The second-order valence-electron chi connectivity index (χ2n) is 6.14. The molecule has 0 atom stereocenters. The number of benzene rings is 2. The molecule has 27 heavy (non-hydrogen) atoms. The van der Waals surface area contributed by atoms with E-state index in [-0.39, 0.29) is 22.4 Å². The van der Waals surface area contributed by atoms with Crippen molar-refractivity contribution in [3.05, 3.63) is 59.7 Å². The molecule has 142 valence electrons. The van der Waals surface area contributed by atoms with E-state index >= 15 is 0 Å². The largest absolute Gasteiger partial charge is 0.493 e. The van der Waals surface area contributed by atoms with Gasteiger partial charge in [0.15, 0.2) is 0 Å². The highest BCUT2D eigenvalue weighted by atomic mass is 32.2. The quantitative estimate of drug-likeness (QED) is 0.756. The lowest BCUT2D eigenvalue weighted by Crippen LogP contribution is -2.31. The zero-order valence-corrected chi connectivity index (χ0v) is 15.6. The van der Waals surface area contributed by atoms with Gasteiger partial charge in [-0.05, 0) is 56.2 Å². The van der Waals surface area contributed by atoms with Gasteiger partial charge in [0.1, 0.15) is 5.75 Å². The Bertz CT molecular complexity index is 950. The Morgan fingerprint density at radius 2 is 1.70 bits per heavy atom. The number of nitrogens with one attached hydrogen (secondary N) is 2. The number of rotatable bonds is 7. The Labute approximate surface area is 157 Å². The van der Waals surface area contributed by atoms with Crippen LogP contribution in [-0.4, -0.2) is 32.9 Å². The number of amides is 2. The van der Waals surface area contributed by atoms with E-state index in [1.165, 1.54) is 30.3 Å². The molecule has 2 amide bonds. The summed E-state index contributed by atoms with van der Waals surface area (Å²) in [7, 11) is -4.08. The molecule has 2 aromatic carbocycles. The first-order valence-electron chi connectivity index (χ1n) is 8.60. The Hall–Kier alpha value is -2.87. The molecule has 0 heterocycles. The summed E-state index contributed by atoms with van der Waals surface area (Å²) in [5.41, 5.74) is 0.497. The second kappa shape index (κ2) is 7.79. The van der Waals surface area contributed by atoms with E-state index in [4.69, 9.17) is 4.74 Å². The fourth-order valence-electron chi connectivity index (χ4n) is 2.45. The topological polar surface area (TPSA) is 102 Å². The molecule has 8 heteroatoms. The summed E-state index contributed by atoms with van der Waals surface area (Å²) in [6, 6.07) is 12.1. The molecule has 2 N–H and O–H groups in total. The third-order valence-corrected chi connectivity index (χ3v) is 5.34. The van der Waals surface area contributed by atoms with Crippen LogP contribution in [0.25, 0.3) is 0 Å². The van der Waals surface area contributed by atoms with Crippen LogP contribution >= 0.6 is 0 Å². The zero-order valence-electron chi connectivity index (χ0n) is 14.8. The van der Waals surface area contributed by atoms with E-state index in [0.717, 1.165) is 12.8 Å². The average molecular weight is 388 g/mol. The molecule has 0 bridgehead atoms. The predicted molar refractivity (Wildman–Crippen MR) is 99.2 cm³/mol. The van der Waals surface area contributed by atoms with Gasteiger partial charge in [0.25, 0.3) is 21.8 Å². The van der Waals surface area contributed by atoms with Crippen molar-refractivity contribution in [1.29, 1.82) is 0 Å². The molecule has 1 fully saturated rings. The van der Waals surface area contributed by atoms with E-state index in [1.54, 1.807) is 25.1 Å². The van der Waals surface area contributed by atoms with Crippen LogP contribution in [0, 0.1) is 0 Å². The van der Waals surface area contributed by atoms with E-state index < -0.39 is 15.9 Å². The minimum atomic E-state index is -4.08. The van der Waals surface area contributed by atoms with Crippen molar-refractivity contribution >= 4 is 21.8 Å². The lowest BCUT2D eigenvalue weighted by atomic mass is 10.2. The summed E-state index contributed by atoms with van der Waals surface area (Å²) < 4.78 is 32.3. The molecule has 2 aromatic rings. The van der Waals surface area contributed by atoms with Crippen molar-refractivity contribution in [2.75, 3.05) is 6.61 Å². The van der Waals surface area contributed by atoms with E-state index in [0.29, 0.717) is 17.9 Å². The van der Waals surface area contributed by atoms with Gasteiger partial charge >= 0.3 is 0 Å². The predicted octanol–water partition coefficient (Wildman–Crippen LogP) is 2.10. The van der Waals surface area contributed by atoms with Crippen LogP contribution in [0.3, 0.4) is 0 Å². The first-order valence-corrected chi connectivity index (χ1v) is 10.1. The highest BCUT2D eigenvalue weighted by molar-refractivity contribution is 7.90. The van der Waals surface area contributed by atoms with E-state index in [1.807, 2.05) is 4.72 Å². The fraction of sp³-hybridized carbons (Fsp3) is 0.263.